The van der Waals surface area contributed by atoms with Crippen LogP contribution in [0.5, 0.6) is 0 Å². The molecular weight excluding hydrogens is 136 g/mol. The quantitative estimate of drug-likeness (QED) is 0.251. The average Bonchev–Trinajstić information content (AvgIpc) is 2.03. The van der Waals surface area contributed by atoms with Crippen molar-refractivity contribution in [2.75, 3.05) is 0 Å². The molecule has 0 aliphatic heterocycles. The van der Waals surface area contributed by atoms with Gasteiger partial charge in [-0.25, -0.2) is 0 Å². The number of hydrogen-bond donors (Lipinski definition) is 0. The normalized spacial score (nSPS) is 10.6. The minimum Gasteiger partial charge on any atom is -0.299 e. The molecule has 0 aromatic rings. The maximum atomic E-state index is 9.76. The summed E-state index contributed by atoms with van der Waals surface area (Å²) < 4.78 is 0. The molecular formula is C10H10O. The lowest BCUT2D eigenvalue weighted by atomic mass is 10.4. The van der Waals surface area contributed by atoms with E-state index in [2.05, 4.69) is 11.8 Å². The molecule has 1 heteroatoms. The summed E-state index contributed by atoms with van der Waals surface area (Å²) in [5, 5.41) is 0. The van der Waals surface area contributed by atoms with Crippen LogP contribution in [0.25, 0.3) is 0 Å². The maximum absolute atomic E-state index is 9.76. The van der Waals surface area contributed by atoms with Crippen molar-refractivity contribution in [3.05, 3.63) is 36.5 Å². The average molecular weight is 146 g/mol. The highest BCUT2D eigenvalue weighted by molar-refractivity contribution is 5.65. The topological polar surface area (TPSA) is 17.1 Å². The van der Waals surface area contributed by atoms with E-state index in [0.29, 0.717) is 6.29 Å². The Labute approximate surface area is 67.1 Å². The van der Waals surface area contributed by atoms with E-state index in [9.17, 15) is 4.79 Å². The summed E-state index contributed by atoms with van der Waals surface area (Å²) in [5.74, 6) is 5.39. The summed E-state index contributed by atoms with van der Waals surface area (Å²) in [5.41, 5.74) is 0. The summed E-state index contributed by atoms with van der Waals surface area (Å²) in [7, 11) is 0. The van der Waals surface area contributed by atoms with Crippen molar-refractivity contribution in [3.63, 3.8) is 0 Å². The summed E-state index contributed by atoms with van der Waals surface area (Å²) in [4.78, 5) is 9.76. The first-order chi connectivity index (χ1) is 5.41. The molecule has 0 aromatic heterocycles. The number of rotatable bonds is 2. The van der Waals surface area contributed by atoms with Gasteiger partial charge >= 0.3 is 0 Å². The molecule has 0 aliphatic rings. The molecule has 0 saturated carbocycles. The van der Waals surface area contributed by atoms with Gasteiger partial charge in [0.1, 0.15) is 6.29 Å². The van der Waals surface area contributed by atoms with E-state index in [-0.39, 0.29) is 0 Å². The largest absolute Gasteiger partial charge is 0.299 e. The zero-order valence-corrected chi connectivity index (χ0v) is 6.45. The van der Waals surface area contributed by atoms with Gasteiger partial charge in [0, 0.05) is 0 Å². The standard InChI is InChI=1S/C10H10O/c1-2-3-4-5-6-7-8-9-10-11/h2-5,8-10H,1H3/b3-2+,5-4+,9-8+. The third-order valence-electron chi connectivity index (χ3n) is 0.825. The third-order valence-corrected chi connectivity index (χ3v) is 0.825. The second-order valence-electron chi connectivity index (χ2n) is 1.67. The highest BCUT2D eigenvalue weighted by Gasteiger charge is 1.59. The van der Waals surface area contributed by atoms with Crippen LogP contribution in [0, 0.1) is 11.8 Å². The lowest BCUT2D eigenvalue weighted by Crippen LogP contribution is -1.56. The first-order valence-electron chi connectivity index (χ1n) is 3.31. The minimum absolute atomic E-state index is 0.699. The molecule has 0 N–H and O–H groups in total. The van der Waals surface area contributed by atoms with Crippen molar-refractivity contribution in [3.8, 4) is 11.8 Å². The van der Waals surface area contributed by atoms with Crippen molar-refractivity contribution in [2.24, 2.45) is 0 Å². The van der Waals surface area contributed by atoms with Gasteiger partial charge in [-0.05, 0) is 25.2 Å². The van der Waals surface area contributed by atoms with Crippen LogP contribution in [0.4, 0.5) is 0 Å². The molecule has 0 aliphatic carbocycles. The highest BCUT2D eigenvalue weighted by atomic mass is 16.1. The summed E-state index contributed by atoms with van der Waals surface area (Å²) >= 11 is 0. The van der Waals surface area contributed by atoms with E-state index < -0.39 is 0 Å². The van der Waals surface area contributed by atoms with Gasteiger partial charge in [-0.2, -0.15) is 0 Å². The number of carbonyl (C=O) groups is 1. The van der Waals surface area contributed by atoms with Crippen LogP contribution < -0.4 is 0 Å². The molecule has 1 nitrogen and oxygen atoms in total. The summed E-state index contributed by atoms with van der Waals surface area (Å²) in [6.07, 6.45) is 10.9. The van der Waals surface area contributed by atoms with E-state index in [0.717, 1.165) is 0 Å². The van der Waals surface area contributed by atoms with Crippen molar-refractivity contribution >= 4 is 6.29 Å². The van der Waals surface area contributed by atoms with Crippen molar-refractivity contribution in [1.29, 1.82) is 0 Å². The fourth-order valence-electron chi connectivity index (χ4n) is 0.398. The molecule has 11 heavy (non-hydrogen) atoms. The maximum Gasteiger partial charge on any atom is 0.143 e. The monoisotopic (exact) mass is 146 g/mol. The van der Waals surface area contributed by atoms with Gasteiger partial charge in [-0.15, -0.1) is 0 Å². The highest BCUT2D eigenvalue weighted by Crippen LogP contribution is 1.74. The van der Waals surface area contributed by atoms with Gasteiger partial charge in [0.15, 0.2) is 0 Å². The Hall–Kier alpha value is -1.55. The molecule has 0 spiro atoms. The second kappa shape index (κ2) is 8.45. The Morgan fingerprint density at radius 3 is 2.18 bits per heavy atom. The zero-order valence-electron chi connectivity index (χ0n) is 6.45. The fourth-order valence-corrected chi connectivity index (χ4v) is 0.398. The van der Waals surface area contributed by atoms with Gasteiger partial charge in [0.2, 0.25) is 0 Å². The van der Waals surface area contributed by atoms with Crippen LogP contribution in [0.2, 0.25) is 0 Å². The van der Waals surface area contributed by atoms with Crippen molar-refractivity contribution < 1.29 is 4.79 Å². The molecule has 0 amide bonds. The van der Waals surface area contributed by atoms with Gasteiger partial charge in [0.05, 0.1) is 0 Å². The predicted octanol–water partition coefficient (Wildman–Crippen LogP) is 1.88. The smallest absolute Gasteiger partial charge is 0.143 e. The van der Waals surface area contributed by atoms with Gasteiger partial charge in [0.25, 0.3) is 0 Å². The molecule has 0 rings (SSSR count). The lowest BCUT2D eigenvalue weighted by Gasteiger charge is -1.66. The van der Waals surface area contributed by atoms with Crippen LogP contribution in [0.3, 0.4) is 0 Å². The van der Waals surface area contributed by atoms with E-state index in [1.807, 2.05) is 25.2 Å². The predicted molar refractivity (Wildman–Crippen MR) is 46.9 cm³/mol. The van der Waals surface area contributed by atoms with Crippen LogP contribution in [-0.2, 0) is 4.79 Å². The summed E-state index contributed by atoms with van der Waals surface area (Å²) in [6.45, 7) is 1.93. The molecule has 0 atom stereocenters. The first-order valence-corrected chi connectivity index (χ1v) is 3.31. The fraction of sp³-hybridized carbons (Fsp3) is 0.100. The van der Waals surface area contributed by atoms with Crippen molar-refractivity contribution in [1.82, 2.24) is 0 Å². The molecule has 0 unspecified atom stereocenters. The van der Waals surface area contributed by atoms with Crippen molar-refractivity contribution in [2.45, 2.75) is 6.92 Å². The lowest BCUT2D eigenvalue weighted by molar-refractivity contribution is -0.104. The Balaban J connectivity index is 3.71. The second-order valence-corrected chi connectivity index (χ2v) is 1.67. The minimum atomic E-state index is 0.699. The number of allylic oxidation sites excluding steroid dienone is 6. The molecule has 0 fully saturated rings. The number of carbonyl (C=O) groups excluding carboxylic acids is 1. The number of hydrogen-bond acceptors (Lipinski definition) is 1. The molecule has 0 bridgehead atoms. The Kier molecular flexibility index (Phi) is 7.26. The summed E-state index contributed by atoms with van der Waals surface area (Å²) in [6, 6.07) is 0. The van der Waals surface area contributed by atoms with Crippen LogP contribution >= 0.6 is 0 Å². The number of aldehydes is 1. The van der Waals surface area contributed by atoms with E-state index >= 15 is 0 Å². The van der Waals surface area contributed by atoms with Gasteiger partial charge in [-0.1, -0.05) is 30.1 Å². The van der Waals surface area contributed by atoms with Crippen LogP contribution in [0.1, 0.15) is 6.92 Å². The SMILES string of the molecule is C/C=C/C=C/C#C/C=C/C=O. The Morgan fingerprint density at radius 1 is 1.00 bits per heavy atom. The van der Waals surface area contributed by atoms with Crippen LogP contribution in [0.15, 0.2) is 36.5 Å². The van der Waals surface area contributed by atoms with Gasteiger partial charge < -0.3 is 0 Å². The molecule has 0 saturated heterocycles. The molecule has 0 radical (unpaired) electrons. The van der Waals surface area contributed by atoms with E-state index in [1.54, 1.807) is 6.08 Å². The molecule has 0 aromatic carbocycles. The van der Waals surface area contributed by atoms with Crippen LogP contribution in [-0.4, -0.2) is 6.29 Å². The van der Waals surface area contributed by atoms with E-state index in [1.165, 1.54) is 12.2 Å². The first kappa shape index (κ1) is 9.45. The molecule has 0 heterocycles. The zero-order chi connectivity index (χ0) is 8.36. The van der Waals surface area contributed by atoms with Gasteiger partial charge in [-0.3, -0.25) is 4.79 Å². The molecule has 56 valence electrons. The Morgan fingerprint density at radius 2 is 1.64 bits per heavy atom. The third kappa shape index (κ3) is 8.45. The van der Waals surface area contributed by atoms with E-state index in [4.69, 9.17) is 0 Å². The Bertz CT molecular complexity index is 233.